The smallest absolute Gasteiger partial charge is 0.394 e. The summed E-state index contributed by atoms with van der Waals surface area (Å²) in [6.07, 6.45) is -8.71. The first-order valence-corrected chi connectivity index (χ1v) is 5.75. The van der Waals surface area contributed by atoms with Gasteiger partial charge in [-0.25, -0.2) is 9.36 Å². The molecule has 0 unspecified atom stereocenters. The van der Waals surface area contributed by atoms with Gasteiger partial charge in [0.15, 0.2) is 6.10 Å². The van der Waals surface area contributed by atoms with E-state index in [0.717, 1.165) is 0 Å². The number of carbonyl (C=O) groups is 1. The van der Waals surface area contributed by atoms with Crippen molar-refractivity contribution >= 4 is 13.8 Å². The van der Waals surface area contributed by atoms with Crippen molar-refractivity contribution in [2.75, 3.05) is 6.61 Å². The molecule has 0 aliphatic carbocycles. The Morgan fingerprint density at radius 3 is 1.94 bits per heavy atom. The van der Waals surface area contributed by atoms with E-state index in [9.17, 15) is 9.36 Å². The lowest BCUT2D eigenvalue weighted by molar-refractivity contribution is -0.162. The van der Waals surface area contributed by atoms with Gasteiger partial charge >= 0.3 is 13.8 Å². The fraction of sp³-hybridized carbons (Fsp3) is 0.833. The van der Waals surface area contributed by atoms with Gasteiger partial charge in [0.25, 0.3) is 0 Å². The quantitative estimate of drug-likeness (QED) is 0.236. The molecule has 0 rings (SSSR count). The van der Waals surface area contributed by atoms with Crippen molar-refractivity contribution < 1.29 is 49.2 Å². The molecule has 0 aromatic carbocycles. The molecule has 0 bridgehead atoms. The van der Waals surface area contributed by atoms with Crippen LogP contribution >= 0.6 is 7.82 Å². The van der Waals surface area contributed by atoms with Crippen molar-refractivity contribution in [2.45, 2.75) is 24.4 Å². The van der Waals surface area contributed by atoms with E-state index >= 15 is 0 Å². The summed E-state index contributed by atoms with van der Waals surface area (Å²) < 4.78 is 13.7. The lowest BCUT2D eigenvalue weighted by Crippen LogP contribution is -2.48. The van der Waals surface area contributed by atoms with E-state index < -0.39 is 44.8 Å². The summed E-state index contributed by atoms with van der Waals surface area (Å²) in [6, 6.07) is 0. The number of aliphatic hydroxyl groups excluding tert-OH is 5. The summed E-state index contributed by atoms with van der Waals surface area (Å²) in [7, 11) is -5.19. The molecule has 10 nitrogen and oxygen atoms in total. The van der Waals surface area contributed by atoms with Crippen molar-refractivity contribution in [3.05, 3.63) is 0 Å². The molecule has 4 atom stereocenters. The van der Waals surface area contributed by atoms with Crippen LogP contribution in [0.3, 0.4) is 0 Å². The second-order valence-electron chi connectivity index (χ2n) is 3.08. The highest BCUT2D eigenvalue weighted by atomic mass is 31.2. The fourth-order valence-electron chi connectivity index (χ4n) is 0.833. The van der Waals surface area contributed by atoms with Crippen LogP contribution in [-0.4, -0.2) is 72.3 Å². The number of carbonyl (C=O) groups excluding carboxylic acids is 1. The number of phosphoric acid groups is 1. The standard InChI is InChI=1S/C6H13O10P/c7-1-2(8)3(9)4(10)5(11)6(12)16-17(13,14)15/h2-5,7-11H,1H2,(H2,13,14,15)/t2-,3+,4-,5-/m1/s1. The Bertz CT molecular complexity index is 299. The maximum atomic E-state index is 10.8. The molecule has 0 heterocycles. The van der Waals surface area contributed by atoms with E-state index in [1.807, 2.05) is 0 Å². The third-order valence-electron chi connectivity index (χ3n) is 1.71. The van der Waals surface area contributed by atoms with Crippen LogP contribution in [-0.2, 0) is 13.9 Å². The van der Waals surface area contributed by atoms with Crippen LogP contribution in [0.2, 0.25) is 0 Å². The van der Waals surface area contributed by atoms with Crippen molar-refractivity contribution in [3.63, 3.8) is 0 Å². The second-order valence-corrected chi connectivity index (χ2v) is 4.24. The zero-order valence-electron chi connectivity index (χ0n) is 8.32. The minimum atomic E-state index is -5.19. The van der Waals surface area contributed by atoms with Gasteiger partial charge in [-0.1, -0.05) is 0 Å². The van der Waals surface area contributed by atoms with Crippen LogP contribution in [0.15, 0.2) is 0 Å². The van der Waals surface area contributed by atoms with E-state index in [0.29, 0.717) is 0 Å². The SMILES string of the molecule is O=C(OP(=O)(O)O)[C@H](O)[C@H](O)[C@@H](O)[C@H](O)CO. The highest BCUT2D eigenvalue weighted by Crippen LogP contribution is 2.36. The molecule has 11 heteroatoms. The summed E-state index contributed by atoms with van der Waals surface area (Å²) in [5.74, 6) is -1.88. The predicted molar refractivity (Wildman–Crippen MR) is 49.2 cm³/mol. The van der Waals surface area contributed by atoms with Gasteiger partial charge in [-0.3, -0.25) is 9.79 Å². The van der Waals surface area contributed by atoms with E-state index in [1.54, 1.807) is 0 Å². The minimum absolute atomic E-state index is 0.960. The summed E-state index contributed by atoms with van der Waals surface area (Å²) in [4.78, 5) is 27.3. The molecule has 0 aromatic rings. The van der Waals surface area contributed by atoms with Gasteiger partial charge in [0.05, 0.1) is 6.61 Å². The molecular formula is C6H13O10P. The van der Waals surface area contributed by atoms with Crippen LogP contribution in [0.5, 0.6) is 0 Å². The lowest BCUT2D eigenvalue weighted by Gasteiger charge is -2.24. The number of hydrogen-bond acceptors (Lipinski definition) is 8. The third kappa shape index (κ3) is 5.52. The van der Waals surface area contributed by atoms with Crippen LogP contribution in [0.25, 0.3) is 0 Å². The predicted octanol–water partition coefficient (Wildman–Crippen LogP) is -3.94. The summed E-state index contributed by atoms with van der Waals surface area (Å²) in [5.41, 5.74) is 0. The van der Waals surface area contributed by atoms with E-state index in [-0.39, 0.29) is 0 Å². The Hall–Kier alpha value is -0.580. The van der Waals surface area contributed by atoms with Crippen LogP contribution in [0, 0.1) is 0 Å². The largest absolute Gasteiger partial charge is 0.527 e. The number of phosphoric ester groups is 1. The van der Waals surface area contributed by atoms with Crippen LogP contribution in [0.4, 0.5) is 0 Å². The topological polar surface area (TPSA) is 185 Å². The maximum Gasteiger partial charge on any atom is 0.527 e. The van der Waals surface area contributed by atoms with Crippen LogP contribution < -0.4 is 0 Å². The van der Waals surface area contributed by atoms with E-state index in [4.69, 9.17) is 35.3 Å². The molecule has 7 N–H and O–H groups in total. The molecule has 0 spiro atoms. The van der Waals surface area contributed by atoms with Gasteiger partial charge in [0, 0.05) is 0 Å². The Kier molecular flexibility index (Phi) is 6.16. The van der Waals surface area contributed by atoms with Crippen molar-refractivity contribution in [2.24, 2.45) is 0 Å². The third-order valence-corrected chi connectivity index (χ3v) is 2.12. The Labute approximate surface area is 94.9 Å². The molecule has 0 aliphatic heterocycles. The molecule has 0 saturated carbocycles. The molecule has 0 aromatic heterocycles. The Balaban J connectivity index is 4.54. The van der Waals surface area contributed by atoms with Crippen molar-refractivity contribution in [1.29, 1.82) is 0 Å². The van der Waals surface area contributed by atoms with E-state index in [1.165, 1.54) is 0 Å². The van der Waals surface area contributed by atoms with Gasteiger partial charge in [-0.2, -0.15) is 0 Å². The first-order valence-electron chi connectivity index (χ1n) is 4.22. The second kappa shape index (κ2) is 6.38. The molecule has 0 saturated heterocycles. The van der Waals surface area contributed by atoms with Gasteiger partial charge in [0.1, 0.15) is 18.3 Å². The van der Waals surface area contributed by atoms with E-state index in [2.05, 4.69) is 4.52 Å². The highest BCUT2D eigenvalue weighted by Gasteiger charge is 2.37. The van der Waals surface area contributed by atoms with Crippen molar-refractivity contribution in [1.82, 2.24) is 0 Å². The zero-order chi connectivity index (χ0) is 13.8. The molecule has 17 heavy (non-hydrogen) atoms. The summed E-state index contributed by atoms with van der Waals surface area (Å²) in [5, 5.41) is 44.6. The lowest BCUT2D eigenvalue weighted by atomic mass is 10.0. The fourth-order valence-corrected chi connectivity index (χ4v) is 1.18. The molecule has 0 radical (unpaired) electrons. The van der Waals surface area contributed by atoms with Gasteiger partial charge < -0.3 is 30.1 Å². The maximum absolute atomic E-state index is 10.8. The van der Waals surface area contributed by atoms with Gasteiger partial charge in [-0.05, 0) is 0 Å². The molecular weight excluding hydrogens is 263 g/mol. The zero-order valence-corrected chi connectivity index (χ0v) is 9.21. The first kappa shape index (κ1) is 16.4. The normalized spacial score (nSPS) is 19.2. The van der Waals surface area contributed by atoms with Crippen LogP contribution in [0.1, 0.15) is 0 Å². The molecule has 102 valence electrons. The molecule has 0 aliphatic rings. The molecule has 0 amide bonds. The summed E-state index contributed by atoms with van der Waals surface area (Å²) >= 11 is 0. The monoisotopic (exact) mass is 276 g/mol. The number of rotatable bonds is 6. The Morgan fingerprint density at radius 1 is 1.12 bits per heavy atom. The molecule has 0 fully saturated rings. The first-order chi connectivity index (χ1) is 7.60. The van der Waals surface area contributed by atoms with Crippen molar-refractivity contribution in [3.8, 4) is 0 Å². The number of hydrogen-bond donors (Lipinski definition) is 7. The highest BCUT2D eigenvalue weighted by molar-refractivity contribution is 7.46. The van der Waals surface area contributed by atoms with Gasteiger partial charge in [0.2, 0.25) is 0 Å². The average Bonchev–Trinajstić information content (AvgIpc) is 2.22. The van der Waals surface area contributed by atoms with Gasteiger partial charge in [-0.15, -0.1) is 0 Å². The number of aliphatic hydroxyl groups is 5. The Morgan fingerprint density at radius 2 is 1.59 bits per heavy atom. The average molecular weight is 276 g/mol. The summed E-state index contributed by atoms with van der Waals surface area (Å²) in [6.45, 7) is -0.960. The minimum Gasteiger partial charge on any atom is -0.394 e.